The summed E-state index contributed by atoms with van der Waals surface area (Å²) in [7, 11) is 0. The lowest BCUT2D eigenvalue weighted by atomic mass is 9.97. The minimum atomic E-state index is -0.411. The number of hydrogen-bond acceptors (Lipinski definition) is 4. The third-order valence-electron chi connectivity index (χ3n) is 2.75. The van der Waals surface area contributed by atoms with E-state index in [-0.39, 0.29) is 18.2 Å². The van der Waals surface area contributed by atoms with Crippen molar-refractivity contribution in [2.45, 2.75) is 46.8 Å². The highest BCUT2D eigenvalue weighted by Crippen LogP contribution is 2.15. The number of ether oxygens (including phenoxy) is 2. The predicted octanol–water partition coefficient (Wildman–Crippen LogP) is 1.68. The van der Waals surface area contributed by atoms with E-state index in [1.54, 1.807) is 0 Å². The van der Waals surface area contributed by atoms with Gasteiger partial charge in [0.15, 0.2) is 0 Å². The van der Waals surface area contributed by atoms with E-state index >= 15 is 0 Å². The Morgan fingerprint density at radius 3 is 2.29 bits per heavy atom. The fourth-order valence-electron chi connectivity index (χ4n) is 1.95. The third-order valence-corrected chi connectivity index (χ3v) is 2.75. The van der Waals surface area contributed by atoms with Gasteiger partial charge in [-0.25, -0.2) is 0 Å². The van der Waals surface area contributed by atoms with Gasteiger partial charge < -0.3 is 9.47 Å². The van der Waals surface area contributed by atoms with Crippen LogP contribution in [0, 0.1) is 5.41 Å². The highest BCUT2D eigenvalue weighted by atomic mass is 16.5. The summed E-state index contributed by atoms with van der Waals surface area (Å²) in [6, 6.07) is 0. The molecular weight excluding hydrogens is 218 g/mol. The lowest BCUT2D eigenvalue weighted by molar-refractivity contribution is -0.154. The predicted molar refractivity (Wildman–Crippen MR) is 66.9 cm³/mol. The molecule has 4 nitrogen and oxygen atoms in total. The Morgan fingerprint density at radius 1 is 1.29 bits per heavy atom. The van der Waals surface area contributed by atoms with Gasteiger partial charge in [0, 0.05) is 19.6 Å². The van der Waals surface area contributed by atoms with E-state index in [9.17, 15) is 4.79 Å². The zero-order valence-electron chi connectivity index (χ0n) is 11.7. The smallest absolute Gasteiger partial charge is 0.311 e. The van der Waals surface area contributed by atoms with Gasteiger partial charge in [0.25, 0.3) is 0 Å². The quantitative estimate of drug-likeness (QED) is 0.707. The maximum Gasteiger partial charge on any atom is 0.311 e. The molecule has 2 atom stereocenters. The first-order valence-corrected chi connectivity index (χ1v) is 6.34. The second-order valence-corrected chi connectivity index (χ2v) is 5.90. The van der Waals surface area contributed by atoms with Crippen LogP contribution in [0.15, 0.2) is 0 Å². The van der Waals surface area contributed by atoms with Gasteiger partial charge in [-0.15, -0.1) is 0 Å². The molecule has 1 saturated heterocycles. The molecule has 0 aromatic rings. The van der Waals surface area contributed by atoms with Crippen molar-refractivity contribution >= 4 is 5.97 Å². The average molecular weight is 243 g/mol. The van der Waals surface area contributed by atoms with Crippen LogP contribution in [0.1, 0.15) is 34.6 Å². The number of carbonyl (C=O) groups is 1. The zero-order chi connectivity index (χ0) is 13.1. The minimum Gasteiger partial charge on any atom is -0.464 e. The summed E-state index contributed by atoms with van der Waals surface area (Å²) in [5.74, 6) is -0.133. The zero-order valence-corrected chi connectivity index (χ0v) is 11.7. The van der Waals surface area contributed by atoms with E-state index in [0.717, 1.165) is 19.6 Å². The molecule has 0 spiro atoms. The number of hydrogen-bond donors (Lipinski definition) is 0. The Kier molecular flexibility index (Phi) is 4.95. The summed E-state index contributed by atoms with van der Waals surface area (Å²) < 4.78 is 10.9. The van der Waals surface area contributed by atoms with Crippen LogP contribution in [-0.4, -0.2) is 49.3 Å². The lowest BCUT2D eigenvalue weighted by Gasteiger charge is -2.35. The number of rotatable bonds is 3. The fourth-order valence-corrected chi connectivity index (χ4v) is 1.95. The maximum absolute atomic E-state index is 11.6. The van der Waals surface area contributed by atoms with Crippen molar-refractivity contribution in [1.82, 2.24) is 4.90 Å². The van der Waals surface area contributed by atoms with Crippen LogP contribution in [0.4, 0.5) is 0 Å². The molecule has 0 aromatic carbocycles. The standard InChI is InChI=1S/C13H25NO3/c1-10-8-14(9-11(2)17-10)6-7-16-12(15)13(3,4)5/h10-11H,6-9H2,1-5H3. The van der Waals surface area contributed by atoms with Crippen molar-refractivity contribution in [1.29, 1.82) is 0 Å². The number of esters is 1. The Hall–Kier alpha value is -0.610. The van der Waals surface area contributed by atoms with Crippen molar-refractivity contribution in [3.63, 3.8) is 0 Å². The molecule has 1 aliphatic heterocycles. The fraction of sp³-hybridized carbons (Fsp3) is 0.923. The summed E-state index contributed by atoms with van der Waals surface area (Å²) in [6.45, 7) is 12.8. The summed E-state index contributed by atoms with van der Waals surface area (Å²) in [4.78, 5) is 13.9. The van der Waals surface area contributed by atoms with E-state index in [4.69, 9.17) is 9.47 Å². The van der Waals surface area contributed by atoms with E-state index < -0.39 is 5.41 Å². The molecule has 0 aliphatic carbocycles. The number of nitrogens with zero attached hydrogens (tertiary/aromatic N) is 1. The number of morpholine rings is 1. The molecule has 0 N–H and O–H groups in total. The van der Waals surface area contributed by atoms with Gasteiger partial charge in [-0.1, -0.05) is 0 Å². The van der Waals surface area contributed by atoms with Gasteiger partial charge in [-0.3, -0.25) is 9.69 Å². The van der Waals surface area contributed by atoms with Gasteiger partial charge >= 0.3 is 5.97 Å². The molecule has 1 fully saturated rings. The monoisotopic (exact) mass is 243 g/mol. The first kappa shape index (κ1) is 14.5. The Balaban J connectivity index is 2.25. The molecule has 1 heterocycles. The van der Waals surface area contributed by atoms with Crippen LogP contribution >= 0.6 is 0 Å². The second kappa shape index (κ2) is 5.83. The minimum absolute atomic E-state index is 0.133. The van der Waals surface area contributed by atoms with Crippen LogP contribution in [0.5, 0.6) is 0 Å². The largest absolute Gasteiger partial charge is 0.464 e. The van der Waals surface area contributed by atoms with Crippen LogP contribution in [0.3, 0.4) is 0 Å². The van der Waals surface area contributed by atoms with Crippen LogP contribution in [0.2, 0.25) is 0 Å². The van der Waals surface area contributed by atoms with Gasteiger partial charge in [0.05, 0.1) is 17.6 Å². The molecule has 1 aliphatic rings. The van der Waals surface area contributed by atoms with Crippen molar-refractivity contribution < 1.29 is 14.3 Å². The first-order valence-electron chi connectivity index (χ1n) is 6.34. The van der Waals surface area contributed by atoms with Crippen LogP contribution in [-0.2, 0) is 14.3 Å². The number of carbonyl (C=O) groups excluding carboxylic acids is 1. The lowest BCUT2D eigenvalue weighted by Crippen LogP contribution is -2.46. The summed E-state index contributed by atoms with van der Waals surface area (Å²) in [5, 5.41) is 0. The molecule has 0 aromatic heterocycles. The van der Waals surface area contributed by atoms with Crippen LogP contribution in [0.25, 0.3) is 0 Å². The topological polar surface area (TPSA) is 38.8 Å². The maximum atomic E-state index is 11.6. The molecule has 0 amide bonds. The van der Waals surface area contributed by atoms with Crippen molar-refractivity contribution in [3.8, 4) is 0 Å². The molecule has 17 heavy (non-hydrogen) atoms. The Morgan fingerprint density at radius 2 is 1.82 bits per heavy atom. The van der Waals surface area contributed by atoms with E-state index in [2.05, 4.69) is 18.7 Å². The summed E-state index contributed by atoms with van der Waals surface area (Å²) >= 11 is 0. The Labute approximate surface area is 104 Å². The molecule has 0 radical (unpaired) electrons. The van der Waals surface area contributed by atoms with Crippen molar-refractivity contribution in [3.05, 3.63) is 0 Å². The van der Waals surface area contributed by atoms with E-state index in [1.165, 1.54) is 0 Å². The van der Waals surface area contributed by atoms with Crippen molar-refractivity contribution in [2.24, 2.45) is 5.41 Å². The van der Waals surface area contributed by atoms with Gasteiger partial charge in [-0.2, -0.15) is 0 Å². The highest BCUT2D eigenvalue weighted by molar-refractivity contribution is 5.75. The van der Waals surface area contributed by atoms with E-state index in [0.29, 0.717) is 6.61 Å². The molecular formula is C13H25NO3. The second-order valence-electron chi connectivity index (χ2n) is 5.90. The molecule has 1 rings (SSSR count). The first-order chi connectivity index (χ1) is 7.79. The van der Waals surface area contributed by atoms with Crippen molar-refractivity contribution in [2.75, 3.05) is 26.2 Å². The molecule has 100 valence electrons. The third kappa shape index (κ3) is 5.04. The van der Waals surface area contributed by atoms with Gasteiger partial charge in [0.1, 0.15) is 6.61 Å². The van der Waals surface area contributed by atoms with Gasteiger partial charge in [-0.05, 0) is 34.6 Å². The highest BCUT2D eigenvalue weighted by Gasteiger charge is 2.25. The average Bonchev–Trinajstić information content (AvgIpc) is 2.14. The van der Waals surface area contributed by atoms with Crippen LogP contribution < -0.4 is 0 Å². The summed E-state index contributed by atoms with van der Waals surface area (Å²) in [5.41, 5.74) is -0.411. The normalized spacial score (nSPS) is 26.9. The molecule has 4 heteroatoms. The summed E-state index contributed by atoms with van der Waals surface area (Å²) in [6.07, 6.45) is 0.522. The molecule has 0 saturated carbocycles. The Bertz CT molecular complexity index is 250. The molecule has 2 unspecified atom stereocenters. The molecule has 0 bridgehead atoms. The SMILES string of the molecule is CC1CN(CCOC(=O)C(C)(C)C)CC(C)O1. The van der Waals surface area contributed by atoms with E-state index in [1.807, 2.05) is 20.8 Å². The van der Waals surface area contributed by atoms with Gasteiger partial charge in [0.2, 0.25) is 0 Å².